The van der Waals surface area contributed by atoms with Crippen LogP contribution in [0.1, 0.15) is 43.1 Å². The molecular formula is C16H21N3O3S. The third kappa shape index (κ3) is 3.97. The molecular weight excluding hydrogens is 314 g/mol. The first-order valence-electron chi connectivity index (χ1n) is 7.88. The van der Waals surface area contributed by atoms with Crippen molar-refractivity contribution in [3.05, 3.63) is 47.6 Å². The second kappa shape index (κ2) is 6.80. The van der Waals surface area contributed by atoms with Gasteiger partial charge in [-0.15, -0.1) is 0 Å². The summed E-state index contributed by atoms with van der Waals surface area (Å²) < 4.78 is 28.7. The van der Waals surface area contributed by atoms with Gasteiger partial charge in [-0.25, -0.2) is 8.42 Å². The maximum absolute atomic E-state index is 11.7. The number of nitrogens with zero attached hydrogens (tertiary/aromatic N) is 3. The molecule has 3 rings (SSSR count). The zero-order valence-corrected chi connectivity index (χ0v) is 14.0. The van der Waals surface area contributed by atoms with E-state index in [2.05, 4.69) is 27.2 Å². The zero-order chi connectivity index (χ0) is 16.3. The van der Waals surface area contributed by atoms with Crippen molar-refractivity contribution < 1.29 is 12.9 Å². The molecule has 6 nitrogen and oxygen atoms in total. The van der Waals surface area contributed by atoms with Crippen molar-refractivity contribution >= 4 is 9.84 Å². The fraction of sp³-hybridized carbons (Fsp3) is 0.500. The monoisotopic (exact) mass is 335 g/mol. The van der Waals surface area contributed by atoms with Crippen LogP contribution in [0.5, 0.6) is 0 Å². The lowest BCUT2D eigenvalue weighted by atomic mass is 10.2. The number of hydrogen-bond donors (Lipinski definition) is 0. The van der Waals surface area contributed by atoms with Gasteiger partial charge in [-0.3, -0.25) is 4.90 Å². The first-order valence-corrected chi connectivity index (χ1v) is 9.70. The van der Waals surface area contributed by atoms with Gasteiger partial charge in [0, 0.05) is 12.3 Å². The summed E-state index contributed by atoms with van der Waals surface area (Å²) in [4.78, 5) is 6.63. The third-order valence-electron chi connectivity index (χ3n) is 4.15. The average molecular weight is 335 g/mol. The number of benzene rings is 1. The second-order valence-corrected chi connectivity index (χ2v) is 8.19. The number of sulfone groups is 1. The van der Waals surface area contributed by atoms with Crippen LogP contribution in [0.15, 0.2) is 34.9 Å². The van der Waals surface area contributed by atoms with Crippen LogP contribution >= 0.6 is 0 Å². The number of hydrogen-bond acceptors (Lipinski definition) is 6. The van der Waals surface area contributed by atoms with Gasteiger partial charge in [0.1, 0.15) is 5.75 Å². The molecule has 1 aliphatic rings. The quantitative estimate of drug-likeness (QED) is 0.806. The SMILES string of the molecule is CCS(=O)(=O)Cc1noc(C2CCCN2Cc2ccccc2)n1. The summed E-state index contributed by atoms with van der Waals surface area (Å²) in [7, 11) is -3.14. The molecule has 0 N–H and O–H groups in total. The van der Waals surface area contributed by atoms with Crippen LogP contribution in [0.25, 0.3) is 0 Å². The summed E-state index contributed by atoms with van der Waals surface area (Å²) in [6, 6.07) is 10.3. The van der Waals surface area contributed by atoms with E-state index in [4.69, 9.17) is 4.52 Å². The van der Waals surface area contributed by atoms with E-state index in [-0.39, 0.29) is 23.4 Å². The van der Waals surface area contributed by atoms with E-state index in [0.717, 1.165) is 25.9 Å². The molecule has 0 aliphatic carbocycles. The van der Waals surface area contributed by atoms with Gasteiger partial charge in [0.05, 0.1) is 6.04 Å². The Labute approximate surface area is 136 Å². The van der Waals surface area contributed by atoms with E-state index in [9.17, 15) is 8.42 Å². The lowest BCUT2D eigenvalue weighted by Crippen LogP contribution is -2.23. The van der Waals surface area contributed by atoms with Crippen LogP contribution in [0.2, 0.25) is 0 Å². The fourth-order valence-electron chi connectivity index (χ4n) is 2.87. The fourth-order valence-corrected chi connectivity index (χ4v) is 3.59. The Balaban J connectivity index is 1.72. The van der Waals surface area contributed by atoms with E-state index in [1.807, 2.05) is 18.2 Å². The molecule has 1 aromatic carbocycles. The van der Waals surface area contributed by atoms with Gasteiger partial charge in [-0.05, 0) is 24.9 Å². The van der Waals surface area contributed by atoms with Crippen molar-refractivity contribution in [2.75, 3.05) is 12.3 Å². The van der Waals surface area contributed by atoms with Crippen molar-refractivity contribution in [3.63, 3.8) is 0 Å². The second-order valence-electron chi connectivity index (χ2n) is 5.84. The molecule has 0 amide bonds. The molecule has 0 saturated carbocycles. The summed E-state index contributed by atoms with van der Waals surface area (Å²) >= 11 is 0. The normalized spacial score (nSPS) is 19.3. The summed E-state index contributed by atoms with van der Waals surface area (Å²) in [6.45, 7) is 3.43. The average Bonchev–Trinajstić information content (AvgIpc) is 3.17. The molecule has 1 fully saturated rings. The minimum atomic E-state index is -3.14. The lowest BCUT2D eigenvalue weighted by molar-refractivity contribution is 0.201. The molecule has 2 aromatic rings. The summed E-state index contributed by atoms with van der Waals surface area (Å²) in [5.74, 6) is 0.715. The zero-order valence-electron chi connectivity index (χ0n) is 13.2. The predicted molar refractivity (Wildman–Crippen MR) is 86.3 cm³/mol. The van der Waals surface area contributed by atoms with Gasteiger partial charge < -0.3 is 4.52 Å². The van der Waals surface area contributed by atoms with Gasteiger partial charge in [-0.1, -0.05) is 42.4 Å². The van der Waals surface area contributed by atoms with Crippen LogP contribution in [0, 0.1) is 0 Å². The van der Waals surface area contributed by atoms with E-state index < -0.39 is 9.84 Å². The van der Waals surface area contributed by atoms with Gasteiger partial charge in [0.2, 0.25) is 5.89 Å². The molecule has 0 bridgehead atoms. The van der Waals surface area contributed by atoms with Gasteiger partial charge in [-0.2, -0.15) is 4.98 Å². The van der Waals surface area contributed by atoms with E-state index in [0.29, 0.717) is 5.89 Å². The molecule has 124 valence electrons. The van der Waals surface area contributed by atoms with Gasteiger partial charge in [0.15, 0.2) is 15.7 Å². The molecule has 1 saturated heterocycles. The molecule has 0 spiro atoms. The minimum Gasteiger partial charge on any atom is -0.338 e. The number of aromatic nitrogens is 2. The molecule has 1 atom stereocenters. The van der Waals surface area contributed by atoms with Crippen molar-refractivity contribution in [3.8, 4) is 0 Å². The number of likely N-dealkylation sites (tertiary alicyclic amines) is 1. The highest BCUT2D eigenvalue weighted by atomic mass is 32.2. The van der Waals surface area contributed by atoms with Crippen molar-refractivity contribution in [1.29, 1.82) is 0 Å². The first kappa shape index (κ1) is 16.1. The molecule has 1 aliphatic heterocycles. The lowest BCUT2D eigenvalue weighted by Gasteiger charge is -2.21. The van der Waals surface area contributed by atoms with Crippen LogP contribution < -0.4 is 0 Å². The van der Waals surface area contributed by atoms with Crippen molar-refractivity contribution in [1.82, 2.24) is 15.0 Å². The molecule has 23 heavy (non-hydrogen) atoms. The van der Waals surface area contributed by atoms with Crippen molar-refractivity contribution in [2.24, 2.45) is 0 Å². The highest BCUT2D eigenvalue weighted by Gasteiger charge is 2.31. The topological polar surface area (TPSA) is 76.3 Å². The first-order chi connectivity index (χ1) is 11.1. The Bertz CT molecular complexity index is 743. The maximum atomic E-state index is 11.7. The van der Waals surface area contributed by atoms with Crippen LogP contribution in [0.3, 0.4) is 0 Å². The summed E-state index contributed by atoms with van der Waals surface area (Å²) in [5, 5.41) is 3.84. The molecule has 1 unspecified atom stereocenters. The predicted octanol–water partition coefficient (Wildman–Crippen LogP) is 2.34. The molecule has 0 radical (unpaired) electrons. The largest absolute Gasteiger partial charge is 0.338 e. The Morgan fingerprint density at radius 3 is 2.83 bits per heavy atom. The Kier molecular flexibility index (Phi) is 4.77. The standard InChI is InChI=1S/C16H21N3O3S/c1-2-23(20,21)12-15-17-16(22-18-15)14-9-6-10-19(14)11-13-7-4-3-5-8-13/h3-5,7-8,14H,2,6,9-12H2,1H3. The van der Waals surface area contributed by atoms with Gasteiger partial charge >= 0.3 is 0 Å². The van der Waals surface area contributed by atoms with Gasteiger partial charge in [0.25, 0.3) is 0 Å². The molecule has 1 aromatic heterocycles. The summed E-state index contributed by atoms with van der Waals surface area (Å²) in [6.07, 6.45) is 2.03. The van der Waals surface area contributed by atoms with E-state index in [1.54, 1.807) is 6.92 Å². The van der Waals surface area contributed by atoms with Crippen LogP contribution in [0.4, 0.5) is 0 Å². The van der Waals surface area contributed by atoms with Crippen LogP contribution in [-0.4, -0.2) is 35.8 Å². The summed E-state index contributed by atoms with van der Waals surface area (Å²) in [5.41, 5.74) is 1.24. The molecule has 7 heteroatoms. The highest BCUT2D eigenvalue weighted by molar-refractivity contribution is 7.90. The minimum absolute atomic E-state index is 0.0702. The third-order valence-corrected chi connectivity index (χ3v) is 5.73. The van der Waals surface area contributed by atoms with E-state index in [1.165, 1.54) is 5.56 Å². The highest BCUT2D eigenvalue weighted by Crippen LogP contribution is 2.32. The number of rotatable bonds is 6. The Hall–Kier alpha value is -1.73. The smallest absolute Gasteiger partial charge is 0.244 e. The molecule has 2 heterocycles. The van der Waals surface area contributed by atoms with Crippen molar-refractivity contribution in [2.45, 2.75) is 38.1 Å². The Morgan fingerprint density at radius 1 is 1.30 bits per heavy atom. The van der Waals surface area contributed by atoms with E-state index >= 15 is 0 Å². The Morgan fingerprint density at radius 2 is 2.09 bits per heavy atom. The maximum Gasteiger partial charge on any atom is 0.244 e. The van der Waals surface area contributed by atoms with Crippen LogP contribution in [-0.2, 0) is 22.1 Å².